The van der Waals surface area contributed by atoms with Crippen LogP contribution in [0.4, 0.5) is 0 Å². The second-order valence-electron chi connectivity index (χ2n) is 3.82. The van der Waals surface area contributed by atoms with Crippen LogP contribution in [0.2, 0.25) is 0 Å². The van der Waals surface area contributed by atoms with Gasteiger partial charge < -0.3 is 10.2 Å². The summed E-state index contributed by atoms with van der Waals surface area (Å²) in [5.74, 6) is 0.106. The SMILES string of the molecule is CCCN1CCC(NC(C)=O)CC1. The van der Waals surface area contributed by atoms with Crippen LogP contribution in [0.15, 0.2) is 0 Å². The summed E-state index contributed by atoms with van der Waals surface area (Å²) < 4.78 is 0. The maximum absolute atomic E-state index is 10.8. The number of nitrogens with one attached hydrogen (secondary N) is 1. The highest BCUT2D eigenvalue weighted by Crippen LogP contribution is 2.10. The predicted octanol–water partition coefficient (Wildman–Crippen LogP) is 0.997. The van der Waals surface area contributed by atoms with E-state index in [1.54, 1.807) is 6.92 Å². The molecule has 0 radical (unpaired) electrons. The summed E-state index contributed by atoms with van der Waals surface area (Å²) in [5, 5.41) is 2.98. The van der Waals surface area contributed by atoms with Crippen molar-refractivity contribution in [2.24, 2.45) is 0 Å². The molecule has 1 aliphatic rings. The Labute approximate surface area is 80.5 Å². The number of amides is 1. The van der Waals surface area contributed by atoms with Crippen molar-refractivity contribution in [3.63, 3.8) is 0 Å². The standard InChI is InChI=1S/C10H20N2O/c1-3-6-12-7-4-10(5-8-12)11-9(2)13/h10H,3-8H2,1-2H3,(H,11,13). The molecule has 0 unspecified atom stereocenters. The molecule has 1 aliphatic heterocycles. The van der Waals surface area contributed by atoms with Gasteiger partial charge in [-0.1, -0.05) is 6.92 Å². The maximum atomic E-state index is 10.8. The van der Waals surface area contributed by atoms with Crippen molar-refractivity contribution < 1.29 is 4.79 Å². The molecule has 0 aromatic heterocycles. The zero-order chi connectivity index (χ0) is 9.68. The monoisotopic (exact) mass is 184 g/mol. The number of piperidine rings is 1. The average Bonchev–Trinajstić information content (AvgIpc) is 2.08. The first-order chi connectivity index (χ1) is 6.22. The predicted molar refractivity (Wildman–Crippen MR) is 53.6 cm³/mol. The van der Waals surface area contributed by atoms with Crippen molar-refractivity contribution in [1.29, 1.82) is 0 Å². The van der Waals surface area contributed by atoms with Gasteiger partial charge in [0.1, 0.15) is 0 Å². The van der Waals surface area contributed by atoms with Gasteiger partial charge in [0.15, 0.2) is 0 Å². The molecule has 0 aromatic rings. The van der Waals surface area contributed by atoms with Gasteiger partial charge in [-0.15, -0.1) is 0 Å². The highest BCUT2D eigenvalue weighted by Gasteiger charge is 2.18. The van der Waals surface area contributed by atoms with Gasteiger partial charge in [-0.25, -0.2) is 0 Å². The summed E-state index contributed by atoms with van der Waals surface area (Å²) in [7, 11) is 0. The Bertz CT molecular complexity index is 162. The van der Waals surface area contributed by atoms with E-state index in [2.05, 4.69) is 17.1 Å². The van der Waals surface area contributed by atoms with Crippen molar-refractivity contribution in [3.8, 4) is 0 Å². The molecule has 1 heterocycles. The summed E-state index contributed by atoms with van der Waals surface area (Å²) in [5.41, 5.74) is 0. The van der Waals surface area contributed by atoms with E-state index in [4.69, 9.17) is 0 Å². The van der Waals surface area contributed by atoms with Crippen molar-refractivity contribution in [3.05, 3.63) is 0 Å². The molecule has 13 heavy (non-hydrogen) atoms. The topological polar surface area (TPSA) is 32.3 Å². The van der Waals surface area contributed by atoms with Crippen LogP contribution >= 0.6 is 0 Å². The van der Waals surface area contributed by atoms with Crippen molar-refractivity contribution in [2.75, 3.05) is 19.6 Å². The minimum absolute atomic E-state index is 0.106. The molecule has 0 spiro atoms. The number of hydrogen-bond donors (Lipinski definition) is 1. The molecular formula is C10H20N2O. The molecule has 0 atom stereocenters. The van der Waals surface area contributed by atoms with E-state index in [-0.39, 0.29) is 5.91 Å². The Balaban J connectivity index is 2.18. The van der Waals surface area contributed by atoms with E-state index in [0.29, 0.717) is 6.04 Å². The molecular weight excluding hydrogens is 164 g/mol. The summed E-state index contributed by atoms with van der Waals surface area (Å²) in [6.07, 6.45) is 3.45. The number of carbonyl (C=O) groups is 1. The average molecular weight is 184 g/mol. The molecule has 3 heteroatoms. The fraction of sp³-hybridized carbons (Fsp3) is 0.900. The molecule has 1 amide bonds. The van der Waals surface area contributed by atoms with E-state index < -0.39 is 0 Å². The van der Waals surface area contributed by atoms with E-state index in [0.717, 1.165) is 25.9 Å². The number of nitrogens with zero attached hydrogens (tertiary/aromatic N) is 1. The lowest BCUT2D eigenvalue weighted by Crippen LogP contribution is -2.44. The first kappa shape index (κ1) is 10.5. The largest absolute Gasteiger partial charge is 0.354 e. The maximum Gasteiger partial charge on any atom is 0.217 e. The Hall–Kier alpha value is -0.570. The first-order valence-electron chi connectivity index (χ1n) is 5.22. The van der Waals surface area contributed by atoms with Gasteiger partial charge in [0.25, 0.3) is 0 Å². The molecule has 0 aromatic carbocycles. The number of hydrogen-bond acceptors (Lipinski definition) is 2. The minimum Gasteiger partial charge on any atom is -0.354 e. The molecule has 3 nitrogen and oxygen atoms in total. The Morgan fingerprint density at radius 2 is 2.08 bits per heavy atom. The highest BCUT2D eigenvalue weighted by molar-refractivity contribution is 5.73. The van der Waals surface area contributed by atoms with Crippen molar-refractivity contribution in [2.45, 2.75) is 39.2 Å². The summed E-state index contributed by atoms with van der Waals surface area (Å²) in [4.78, 5) is 13.3. The summed E-state index contributed by atoms with van der Waals surface area (Å²) in [6.45, 7) is 7.28. The molecule has 1 fully saturated rings. The van der Waals surface area contributed by atoms with E-state index in [9.17, 15) is 4.79 Å². The smallest absolute Gasteiger partial charge is 0.217 e. The lowest BCUT2D eigenvalue weighted by molar-refractivity contribution is -0.119. The Morgan fingerprint density at radius 3 is 2.54 bits per heavy atom. The van der Waals surface area contributed by atoms with Crippen LogP contribution in [0.5, 0.6) is 0 Å². The van der Waals surface area contributed by atoms with Crippen LogP contribution in [0.1, 0.15) is 33.1 Å². The second kappa shape index (κ2) is 5.22. The summed E-state index contributed by atoms with van der Waals surface area (Å²) in [6, 6.07) is 0.422. The van der Waals surface area contributed by atoms with Gasteiger partial charge in [0.2, 0.25) is 5.91 Å². The van der Waals surface area contributed by atoms with Crippen LogP contribution in [-0.2, 0) is 4.79 Å². The normalized spacial score (nSPS) is 20.2. The third kappa shape index (κ3) is 3.77. The van der Waals surface area contributed by atoms with Gasteiger partial charge in [0.05, 0.1) is 0 Å². The van der Waals surface area contributed by atoms with Gasteiger partial charge in [-0.3, -0.25) is 4.79 Å². The second-order valence-corrected chi connectivity index (χ2v) is 3.82. The molecule has 1 N–H and O–H groups in total. The van der Waals surface area contributed by atoms with Crippen LogP contribution in [0.25, 0.3) is 0 Å². The first-order valence-corrected chi connectivity index (χ1v) is 5.22. The zero-order valence-corrected chi connectivity index (χ0v) is 8.68. The molecule has 0 aliphatic carbocycles. The molecule has 1 saturated heterocycles. The fourth-order valence-corrected chi connectivity index (χ4v) is 1.90. The number of likely N-dealkylation sites (tertiary alicyclic amines) is 1. The third-order valence-corrected chi connectivity index (χ3v) is 2.53. The van der Waals surface area contributed by atoms with Gasteiger partial charge >= 0.3 is 0 Å². The van der Waals surface area contributed by atoms with Crippen LogP contribution in [0, 0.1) is 0 Å². The van der Waals surface area contributed by atoms with Gasteiger partial charge in [0, 0.05) is 26.1 Å². The molecule has 0 saturated carbocycles. The Morgan fingerprint density at radius 1 is 1.46 bits per heavy atom. The van der Waals surface area contributed by atoms with E-state index in [1.165, 1.54) is 13.0 Å². The highest BCUT2D eigenvalue weighted by atomic mass is 16.1. The van der Waals surface area contributed by atoms with E-state index >= 15 is 0 Å². The fourth-order valence-electron chi connectivity index (χ4n) is 1.90. The van der Waals surface area contributed by atoms with Crippen molar-refractivity contribution in [1.82, 2.24) is 10.2 Å². The third-order valence-electron chi connectivity index (χ3n) is 2.53. The van der Waals surface area contributed by atoms with Gasteiger partial charge in [-0.05, 0) is 25.8 Å². The molecule has 0 bridgehead atoms. The quantitative estimate of drug-likeness (QED) is 0.709. The molecule has 1 rings (SSSR count). The van der Waals surface area contributed by atoms with Crippen LogP contribution in [-0.4, -0.2) is 36.5 Å². The lowest BCUT2D eigenvalue weighted by atomic mass is 10.1. The van der Waals surface area contributed by atoms with Gasteiger partial charge in [-0.2, -0.15) is 0 Å². The van der Waals surface area contributed by atoms with E-state index in [1.807, 2.05) is 0 Å². The van der Waals surface area contributed by atoms with Crippen LogP contribution < -0.4 is 5.32 Å². The molecule has 76 valence electrons. The van der Waals surface area contributed by atoms with Crippen LogP contribution in [0.3, 0.4) is 0 Å². The number of carbonyl (C=O) groups excluding carboxylic acids is 1. The number of rotatable bonds is 3. The minimum atomic E-state index is 0.106. The van der Waals surface area contributed by atoms with Crippen molar-refractivity contribution >= 4 is 5.91 Å². The lowest BCUT2D eigenvalue weighted by Gasteiger charge is -2.31. The summed E-state index contributed by atoms with van der Waals surface area (Å²) >= 11 is 0. The Kier molecular flexibility index (Phi) is 4.22. The zero-order valence-electron chi connectivity index (χ0n) is 8.68.